The van der Waals surface area contributed by atoms with Gasteiger partial charge in [0.05, 0.1) is 17.6 Å². The molecule has 0 bridgehead atoms. The van der Waals surface area contributed by atoms with Gasteiger partial charge in [0.2, 0.25) is 0 Å². The smallest absolute Gasteiger partial charge is 0.292 e. The Morgan fingerprint density at radius 3 is 2.35 bits per heavy atom. The second kappa shape index (κ2) is 6.72. The fourth-order valence-corrected chi connectivity index (χ4v) is 2.76. The number of benzene rings is 2. The van der Waals surface area contributed by atoms with E-state index in [1.165, 1.54) is 6.26 Å². The summed E-state index contributed by atoms with van der Waals surface area (Å²) < 4.78 is 7.01. The molecule has 5 nitrogen and oxygen atoms in total. The van der Waals surface area contributed by atoms with Crippen molar-refractivity contribution in [1.29, 1.82) is 0 Å². The summed E-state index contributed by atoms with van der Waals surface area (Å²) in [5, 5.41) is 7.59. The SMILES string of the molecule is Cc1ccoc1C(=O)Nc1cc(-c2ccccc2)nn1-c1ccccc1. The predicted octanol–water partition coefficient (Wildman–Crippen LogP) is 4.69. The van der Waals surface area contributed by atoms with E-state index in [1.54, 1.807) is 10.7 Å². The number of furan rings is 1. The summed E-state index contributed by atoms with van der Waals surface area (Å²) >= 11 is 0. The average Bonchev–Trinajstić information content (AvgIpc) is 3.29. The Labute approximate surface area is 150 Å². The number of para-hydroxylation sites is 1. The number of carbonyl (C=O) groups is 1. The van der Waals surface area contributed by atoms with Gasteiger partial charge in [-0.1, -0.05) is 48.5 Å². The van der Waals surface area contributed by atoms with Crippen molar-refractivity contribution in [2.45, 2.75) is 6.92 Å². The molecule has 0 atom stereocenters. The molecule has 0 saturated carbocycles. The van der Waals surface area contributed by atoms with E-state index in [-0.39, 0.29) is 5.91 Å². The number of hydrogen-bond donors (Lipinski definition) is 1. The molecule has 0 radical (unpaired) electrons. The topological polar surface area (TPSA) is 60.1 Å². The van der Waals surface area contributed by atoms with Gasteiger partial charge < -0.3 is 9.73 Å². The fraction of sp³-hybridized carbons (Fsp3) is 0.0476. The van der Waals surface area contributed by atoms with Gasteiger partial charge in [-0.05, 0) is 25.1 Å². The molecule has 2 heterocycles. The van der Waals surface area contributed by atoms with E-state index in [1.807, 2.05) is 73.7 Å². The minimum Gasteiger partial charge on any atom is -0.459 e. The van der Waals surface area contributed by atoms with Crippen molar-refractivity contribution in [3.63, 3.8) is 0 Å². The molecule has 2 aromatic carbocycles. The van der Waals surface area contributed by atoms with Gasteiger partial charge in [-0.3, -0.25) is 4.79 Å². The number of carbonyl (C=O) groups excluding carboxylic acids is 1. The van der Waals surface area contributed by atoms with Crippen LogP contribution in [-0.2, 0) is 0 Å². The van der Waals surface area contributed by atoms with Crippen LogP contribution in [0.4, 0.5) is 5.82 Å². The predicted molar refractivity (Wildman–Crippen MR) is 100 cm³/mol. The Morgan fingerprint density at radius 1 is 1.00 bits per heavy atom. The number of anilines is 1. The molecule has 128 valence electrons. The van der Waals surface area contributed by atoms with E-state index < -0.39 is 0 Å². The molecule has 0 aliphatic heterocycles. The van der Waals surface area contributed by atoms with E-state index >= 15 is 0 Å². The summed E-state index contributed by atoms with van der Waals surface area (Å²) in [4.78, 5) is 12.6. The highest BCUT2D eigenvalue weighted by molar-refractivity contribution is 6.03. The van der Waals surface area contributed by atoms with Crippen LogP contribution in [0.25, 0.3) is 16.9 Å². The van der Waals surface area contributed by atoms with Gasteiger partial charge in [-0.15, -0.1) is 0 Å². The number of rotatable bonds is 4. The number of nitrogens with zero attached hydrogens (tertiary/aromatic N) is 2. The Balaban J connectivity index is 1.76. The molecule has 4 aromatic rings. The summed E-state index contributed by atoms with van der Waals surface area (Å²) in [6.45, 7) is 1.84. The molecule has 0 saturated heterocycles. The molecule has 0 aliphatic rings. The highest BCUT2D eigenvalue weighted by Crippen LogP contribution is 2.25. The molecular weight excluding hydrogens is 326 g/mol. The minimum atomic E-state index is -0.302. The number of aryl methyl sites for hydroxylation is 1. The van der Waals surface area contributed by atoms with Crippen LogP contribution in [-0.4, -0.2) is 15.7 Å². The summed E-state index contributed by atoms with van der Waals surface area (Å²) in [5.74, 6) is 0.576. The highest BCUT2D eigenvalue weighted by Gasteiger charge is 2.17. The molecule has 26 heavy (non-hydrogen) atoms. The molecule has 0 unspecified atom stereocenters. The first kappa shape index (κ1) is 15.9. The van der Waals surface area contributed by atoms with Gasteiger partial charge in [-0.25, -0.2) is 4.68 Å². The first-order chi connectivity index (χ1) is 12.7. The molecular formula is C21H17N3O2. The van der Waals surface area contributed by atoms with Crippen molar-refractivity contribution < 1.29 is 9.21 Å². The van der Waals surface area contributed by atoms with Crippen LogP contribution in [0.15, 0.2) is 83.5 Å². The van der Waals surface area contributed by atoms with Gasteiger partial charge in [0, 0.05) is 17.2 Å². The summed E-state index contributed by atoms with van der Waals surface area (Å²) in [7, 11) is 0. The van der Waals surface area contributed by atoms with Crippen LogP contribution in [0, 0.1) is 6.92 Å². The monoisotopic (exact) mass is 343 g/mol. The van der Waals surface area contributed by atoms with Gasteiger partial charge >= 0.3 is 0 Å². The summed E-state index contributed by atoms with van der Waals surface area (Å²) in [5.41, 5.74) is 3.41. The van der Waals surface area contributed by atoms with E-state index in [9.17, 15) is 4.79 Å². The van der Waals surface area contributed by atoms with E-state index in [0.29, 0.717) is 11.6 Å². The van der Waals surface area contributed by atoms with Crippen molar-refractivity contribution >= 4 is 11.7 Å². The van der Waals surface area contributed by atoms with Gasteiger partial charge in [-0.2, -0.15) is 5.10 Å². The highest BCUT2D eigenvalue weighted by atomic mass is 16.3. The zero-order chi connectivity index (χ0) is 17.9. The molecule has 0 aliphatic carbocycles. The van der Waals surface area contributed by atoms with Gasteiger partial charge in [0.25, 0.3) is 5.91 Å². The van der Waals surface area contributed by atoms with E-state index in [2.05, 4.69) is 10.4 Å². The maximum absolute atomic E-state index is 12.6. The molecule has 5 heteroatoms. The second-order valence-electron chi connectivity index (χ2n) is 5.92. The Bertz CT molecular complexity index is 1030. The van der Waals surface area contributed by atoms with Crippen molar-refractivity contribution in [3.8, 4) is 16.9 Å². The molecule has 4 rings (SSSR count). The third-order valence-electron chi connectivity index (χ3n) is 4.09. The molecule has 0 spiro atoms. The minimum absolute atomic E-state index is 0.298. The summed E-state index contributed by atoms with van der Waals surface area (Å²) in [6, 6.07) is 23.2. The molecule has 0 fully saturated rings. The van der Waals surface area contributed by atoms with Crippen LogP contribution >= 0.6 is 0 Å². The number of amides is 1. The van der Waals surface area contributed by atoms with Crippen LogP contribution in [0.5, 0.6) is 0 Å². The van der Waals surface area contributed by atoms with Gasteiger partial charge in [0.1, 0.15) is 5.82 Å². The average molecular weight is 343 g/mol. The third kappa shape index (κ3) is 3.02. The molecule has 1 amide bonds. The Kier molecular flexibility index (Phi) is 4.11. The lowest BCUT2D eigenvalue weighted by Crippen LogP contribution is -2.15. The third-order valence-corrected chi connectivity index (χ3v) is 4.09. The zero-order valence-electron chi connectivity index (χ0n) is 14.2. The Morgan fingerprint density at radius 2 is 1.69 bits per heavy atom. The first-order valence-electron chi connectivity index (χ1n) is 8.29. The van der Waals surface area contributed by atoms with Crippen molar-refractivity contribution in [2.24, 2.45) is 0 Å². The van der Waals surface area contributed by atoms with Crippen LogP contribution in [0.2, 0.25) is 0 Å². The van der Waals surface area contributed by atoms with Crippen molar-refractivity contribution in [2.75, 3.05) is 5.32 Å². The quantitative estimate of drug-likeness (QED) is 0.584. The van der Waals surface area contributed by atoms with Crippen LogP contribution < -0.4 is 5.32 Å². The second-order valence-corrected chi connectivity index (χ2v) is 5.92. The maximum Gasteiger partial charge on any atom is 0.292 e. The normalized spacial score (nSPS) is 10.7. The van der Waals surface area contributed by atoms with Crippen LogP contribution in [0.3, 0.4) is 0 Å². The fourth-order valence-electron chi connectivity index (χ4n) is 2.76. The standard InChI is InChI=1S/C21H17N3O2/c1-15-12-13-26-20(15)21(25)22-19-14-18(16-8-4-2-5-9-16)23-24(19)17-10-6-3-7-11-17/h2-14H,1H3,(H,22,25). The van der Waals surface area contributed by atoms with Crippen molar-refractivity contribution in [3.05, 3.63) is 90.4 Å². The first-order valence-corrected chi connectivity index (χ1v) is 8.29. The maximum atomic E-state index is 12.6. The zero-order valence-corrected chi connectivity index (χ0v) is 14.2. The lowest BCUT2D eigenvalue weighted by atomic mass is 10.1. The lowest BCUT2D eigenvalue weighted by Gasteiger charge is -2.08. The number of hydrogen-bond acceptors (Lipinski definition) is 3. The lowest BCUT2D eigenvalue weighted by molar-refractivity contribution is 0.0995. The Hall–Kier alpha value is -3.60. The van der Waals surface area contributed by atoms with Crippen LogP contribution in [0.1, 0.15) is 16.1 Å². The summed E-state index contributed by atoms with van der Waals surface area (Å²) in [6.07, 6.45) is 1.51. The number of nitrogens with one attached hydrogen (secondary N) is 1. The number of aromatic nitrogens is 2. The van der Waals surface area contributed by atoms with Crippen molar-refractivity contribution in [1.82, 2.24) is 9.78 Å². The van der Waals surface area contributed by atoms with E-state index in [0.717, 1.165) is 22.5 Å². The molecule has 1 N–H and O–H groups in total. The van der Waals surface area contributed by atoms with E-state index in [4.69, 9.17) is 4.42 Å². The largest absolute Gasteiger partial charge is 0.459 e. The molecule has 2 aromatic heterocycles. The van der Waals surface area contributed by atoms with Gasteiger partial charge in [0.15, 0.2) is 5.76 Å².